The van der Waals surface area contributed by atoms with E-state index < -0.39 is 47.2 Å². The molecule has 1 unspecified atom stereocenters. The lowest BCUT2D eigenvalue weighted by molar-refractivity contribution is -0.0462. The van der Waals surface area contributed by atoms with Crippen LogP contribution in [0.1, 0.15) is 99.0 Å². The van der Waals surface area contributed by atoms with Gasteiger partial charge in [-0.3, -0.25) is 0 Å². The molecule has 2 saturated carbocycles. The highest BCUT2D eigenvalue weighted by atomic mass is 16.6. The fourth-order valence-electron chi connectivity index (χ4n) is 6.45. The van der Waals surface area contributed by atoms with Gasteiger partial charge in [0.05, 0.1) is 12.2 Å². The fraction of sp³-hybridized carbons (Fsp3) is 0.489. The maximum absolute atomic E-state index is 13.3. The van der Waals surface area contributed by atoms with Gasteiger partial charge >= 0.3 is 11.9 Å². The van der Waals surface area contributed by atoms with Gasteiger partial charge in [-0.25, -0.2) is 19.6 Å². The zero-order valence-electron chi connectivity index (χ0n) is 34.9. The Morgan fingerprint density at radius 3 is 1.69 bits per heavy atom. The lowest BCUT2D eigenvalue weighted by Gasteiger charge is -2.36. The maximum Gasteiger partial charge on any atom is 0.360 e. The Bertz CT molecular complexity index is 1870. The number of esters is 2. The van der Waals surface area contributed by atoms with Gasteiger partial charge in [0.1, 0.15) is 24.7 Å². The van der Waals surface area contributed by atoms with E-state index >= 15 is 0 Å². The summed E-state index contributed by atoms with van der Waals surface area (Å²) in [6, 6.07) is 0. The first-order chi connectivity index (χ1) is 28.2. The van der Waals surface area contributed by atoms with Crippen molar-refractivity contribution in [2.75, 3.05) is 13.2 Å². The molecule has 4 N–H and O–H groups in total. The van der Waals surface area contributed by atoms with Crippen LogP contribution in [0.15, 0.2) is 113 Å². The number of hydrogen-bond donors (Lipinski definition) is 4. The number of carbonyl (C=O) groups is 2. The molecule has 8 atom stereocenters. The highest BCUT2D eigenvalue weighted by Gasteiger charge is 2.40. The van der Waals surface area contributed by atoms with E-state index in [-0.39, 0.29) is 30.5 Å². The van der Waals surface area contributed by atoms with Gasteiger partial charge in [-0.1, -0.05) is 119 Å². The molecule has 2 aliphatic rings. The van der Waals surface area contributed by atoms with Crippen LogP contribution in [0.25, 0.3) is 6.08 Å². The average molecular weight is 815 g/mol. The van der Waals surface area contributed by atoms with Gasteiger partial charge in [0.25, 0.3) is 0 Å². The van der Waals surface area contributed by atoms with Crippen LogP contribution in [0.4, 0.5) is 0 Å². The molecular weight excluding hydrogens is 753 g/mol. The molecule has 0 amide bonds. The molecule has 0 saturated heterocycles. The van der Waals surface area contributed by atoms with Gasteiger partial charge in [0.15, 0.2) is 17.3 Å². The predicted octanol–water partition coefficient (Wildman–Crippen LogP) is 7.85. The molecule has 0 aromatic carbocycles. The van der Waals surface area contributed by atoms with Crippen molar-refractivity contribution in [1.29, 1.82) is 0 Å². The zero-order valence-corrected chi connectivity index (χ0v) is 34.9. The first kappa shape index (κ1) is 46.8. The van der Waals surface area contributed by atoms with Crippen LogP contribution in [0.5, 0.6) is 0 Å². The topological polar surface area (TPSA) is 186 Å². The van der Waals surface area contributed by atoms with E-state index in [0.29, 0.717) is 55.2 Å². The number of rotatable bonds is 25. The lowest BCUT2D eigenvalue weighted by Crippen LogP contribution is -2.42. The van der Waals surface area contributed by atoms with E-state index in [1.165, 1.54) is 12.5 Å². The Kier molecular flexibility index (Phi) is 17.8. The number of aliphatic hydroxyl groups excluding tert-OH is 4. The van der Waals surface area contributed by atoms with Crippen LogP contribution in [0.2, 0.25) is 0 Å². The summed E-state index contributed by atoms with van der Waals surface area (Å²) in [5.41, 5.74) is -1.63. The molecule has 2 heterocycles. The summed E-state index contributed by atoms with van der Waals surface area (Å²) in [6.45, 7) is 12.6. The van der Waals surface area contributed by atoms with Gasteiger partial charge in [0.2, 0.25) is 5.89 Å². The summed E-state index contributed by atoms with van der Waals surface area (Å²) in [5, 5.41) is 40.3. The summed E-state index contributed by atoms with van der Waals surface area (Å²) in [5.74, 6) is 0.778. The first-order valence-electron chi connectivity index (χ1n) is 20.4. The van der Waals surface area contributed by atoms with Crippen molar-refractivity contribution in [3.05, 3.63) is 127 Å². The largest absolute Gasteiger partial charge is 0.457 e. The Balaban J connectivity index is 1.32. The molecule has 2 aromatic heterocycles. The van der Waals surface area contributed by atoms with Crippen LogP contribution in [-0.2, 0) is 9.47 Å². The van der Waals surface area contributed by atoms with E-state index in [1.807, 2.05) is 52.0 Å². The van der Waals surface area contributed by atoms with Crippen LogP contribution in [-0.4, -0.2) is 80.0 Å². The van der Waals surface area contributed by atoms with E-state index in [0.717, 1.165) is 12.8 Å². The summed E-state index contributed by atoms with van der Waals surface area (Å²) in [6.07, 6.45) is 31.0. The summed E-state index contributed by atoms with van der Waals surface area (Å²) in [7, 11) is 0. The van der Waals surface area contributed by atoms with Crippen molar-refractivity contribution in [2.45, 2.75) is 97.6 Å². The van der Waals surface area contributed by atoms with Crippen LogP contribution in [0, 0.1) is 41.4 Å². The molecule has 2 aliphatic carbocycles. The molecular formula is C47H62N2O10. The van der Waals surface area contributed by atoms with Gasteiger partial charge in [-0.05, 0) is 49.4 Å². The van der Waals surface area contributed by atoms with Crippen molar-refractivity contribution < 1.29 is 48.3 Å². The van der Waals surface area contributed by atoms with E-state index in [4.69, 9.17) is 28.5 Å². The number of oxazole rings is 2. The van der Waals surface area contributed by atoms with E-state index in [2.05, 4.69) is 40.9 Å². The maximum atomic E-state index is 13.3. The zero-order chi connectivity index (χ0) is 43.0. The monoisotopic (exact) mass is 814 g/mol. The number of aromatic nitrogens is 2. The van der Waals surface area contributed by atoms with E-state index in [1.54, 1.807) is 49.5 Å². The second-order valence-corrected chi connectivity index (χ2v) is 16.3. The third-order valence-electron chi connectivity index (χ3n) is 10.9. The molecule has 2 aromatic rings. The molecule has 12 heteroatoms. The van der Waals surface area contributed by atoms with Gasteiger partial charge in [-0.2, -0.15) is 0 Å². The third-order valence-corrected chi connectivity index (χ3v) is 10.9. The molecule has 0 aliphatic heterocycles. The molecule has 59 heavy (non-hydrogen) atoms. The number of allylic oxidation sites excluding steroid dienone is 8. The Morgan fingerprint density at radius 2 is 1.22 bits per heavy atom. The molecule has 12 nitrogen and oxygen atoms in total. The summed E-state index contributed by atoms with van der Waals surface area (Å²) >= 11 is 0. The van der Waals surface area contributed by atoms with Crippen molar-refractivity contribution in [1.82, 2.24) is 9.97 Å². The van der Waals surface area contributed by atoms with Crippen molar-refractivity contribution >= 4 is 18.0 Å². The standard InChI is InChI=1S/C47H62N2O10/c1-7-8-17-33-28-35(33)19-15-24-42(47(5,6)40(53)22-12-14-27-51)59-45(55)38-31-57-43(49-38)25-10-9-18-34-29-36(34)20-16-23-41(46(3,4)39(52)21-11-13-26-50)58-44(54)37-30-56-32(2)48-37/h7-12,15-22,25,30-31,33-36,39-42,50-53H,1,13-14,23-24,26-29H2,2-6H3/b17-8+,18-9+,19-15-,20-16-,21-11+,22-12+,25-10-/t33-,34+,35?,36-,39-,40-,41-,42-/m0/s1. The summed E-state index contributed by atoms with van der Waals surface area (Å²) < 4.78 is 22.5. The minimum Gasteiger partial charge on any atom is -0.457 e. The smallest absolute Gasteiger partial charge is 0.360 e. The Morgan fingerprint density at radius 1 is 0.746 bits per heavy atom. The predicted molar refractivity (Wildman–Crippen MR) is 226 cm³/mol. The van der Waals surface area contributed by atoms with Crippen molar-refractivity contribution in [3.63, 3.8) is 0 Å². The van der Waals surface area contributed by atoms with Crippen molar-refractivity contribution in [3.8, 4) is 0 Å². The van der Waals surface area contributed by atoms with Crippen LogP contribution in [0.3, 0.4) is 0 Å². The molecule has 0 bridgehead atoms. The fourth-order valence-corrected chi connectivity index (χ4v) is 6.45. The normalized spacial score (nSPS) is 22.1. The van der Waals surface area contributed by atoms with Crippen LogP contribution >= 0.6 is 0 Å². The number of carbonyl (C=O) groups excluding carboxylic acids is 2. The van der Waals surface area contributed by atoms with Gasteiger partial charge < -0.3 is 38.7 Å². The molecule has 4 rings (SSSR count). The van der Waals surface area contributed by atoms with Gasteiger partial charge in [0, 0.05) is 49.9 Å². The number of hydrogen-bond acceptors (Lipinski definition) is 12. The first-order valence-corrected chi connectivity index (χ1v) is 20.4. The Labute approximate surface area is 348 Å². The molecule has 320 valence electrons. The second kappa shape index (κ2) is 22.5. The SMILES string of the molecule is C=C/C=C/[C@H]1CC1/C=C\C[C@H](OC(=O)c1coc(/C=C\C=C\[C@@H]2C[C@@H]2/C=C\C[C@H](OC(=O)c2coc(C)n2)C(C)(C)[C@@H](O)/C=C/CCO)n1)C(C)(C)[C@@H](O)/C=C/CCO. The minimum absolute atomic E-state index is 0.0185. The second-order valence-electron chi connectivity index (χ2n) is 16.3. The molecule has 0 spiro atoms. The summed E-state index contributed by atoms with van der Waals surface area (Å²) in [4.78, 5) is 34.6. The van der Waals surface area contributed by atoms with E-state index in [9.17, 15) is 19.8 Å². The third kappa shape index (κ3) is 14.4. The quantitative estimate of drug-likeness (QED) is 0.0433. The Hall–Kier alpha value is -4.88. The molecule has 2 fully saturated rings. The average Bonchev–Trinajstić information content (AvgIpc) is 4.02. The number of ether oxygens (including phenoxy) is 2. The number of aliphatic hydroxyl groups is 4. The number of aryl methyl sites for hydroxylation is 1. The highest BCUT2D eigenvalue weighted by molar-refractivity contribution is 5.87. The molecule has 0 radical (unpaired) electrons. The van der Waals surface area contributed by atoms with Crippen molar-refractivity contribution in [2.24, 2.45) is 34.5 Å². The minimum atomic E-state index is -0.930. The van der Waals surface area contributed by atoms with Gasteiger partial charge in [-0.15, -0.1) is 0 Å². The highest BCUT2D eigenvalue weighted by Crippen LogP contribution is 2.42. The number of nitrogens with zero attached hydrogens (tertiary/aromatic N) is 2. The lowest BCUT2D eigenvalue weighted by atomic mass is 9.78. The van der Waals surface area contributed by atoms with Crippen LogP contribution < -0.4 is 0 Å².